The molecule has 1 aromatic heterocycles. The van der Waals surface area contributed by atoms with Crippen molar-refractivity contribution in [3.8, 4) is 0 Å². The number of fused-ring (bicyclic) bond motifs is 1. The highest BCUT2D eigenvalue weighted by Crippen LogP contribution is 2.22. The van der Waals surface area contributed by atoms with Crippen molar-refractivity contribution in [2.45, 2.75) is 45.6 Å². The van der Waals surface area contributed by atoms with Crippen molar-refractivity contribution < 1.29 is 28.2 Å². The molecule has 0 saturated carbocycles. The third-order valence-electron chi connectivity index (χ3n) is 10.6. The Balaban J connectivity index is 0.880. The topological polar surface area (TPSA) is 132 Å². The van der Waals surface area contributed by atoms with Crippen LogP contribution in [0.25, 0.3) is 10.8 Å². The van der Waals surface area contributed by atoms with E-state index in [0.717, 1.165) is 65.2 Å². The number of ether oxygens (including phenoxy) is 2. The Kier molecular flexibility index (Phi) is 13.1. The smallest absolute Gasteiger partial charge is 0.332 e. The second-order valence-electron chi connectivity index (χ2n) is 15.7. The van der Waals surface area contributed by atoms with Crippen LogP contribution in [0.15, 0.2) is 47.3 Å². The molecular weight excluding hydrogens is 693 g/mol. The minimum absolute atomic E-state index is 0.00695. The van der Waals surface area contributed by atoms with Crippen molar-refractivity contribution in [1.82, 2.24) is 34.7 Å². The average molecular weight is 748 g/mol. The Morgan fingerprint density at radius 3 is 2.22 bits per heavy atom. The highest BCUT2D eigenvalue weighted by atomic mass is 19.1. The molecule has 54 heavy (non-hydrogen) atoms. The van der Waals surface area contributed by atoms with Crippen LogP contribution in [-0.2, 0) is 25.5 Å². The lowest BCUT2D eigenvalue weighted by Crippen LogP contribution is -2.53. The van der Waals surface area contributed by atoms with E-state index in [1.807, 2.05) is 37.8 Å². The van der Waals surface area contributed by atoms with E-state index in [4.69, 9.17) is 9.47 Å². The molecule has 6 rings (SSSR count). The summed E-state index contributed by atoms with van der Waals surface area (Å²) in [5.74, 6) is -0.637. The molecule has 3 fully saturated rings. The first-order valence-electron chi connectivity index (χ1n) is 19.2. The quantitative estimate of drug-likeness (QED) is 0.218. The molecule has 0 atom stereocenters. The van der Waals surface area contributed by atoms with E-state index in [2.05, 4.69) is 24.9 Å². The number of aromatic amines is 1. The van der Waals surface area contributed by atoms with Crippen LogP contribution in [-0.4, -0.2) is 156 Å². The molecule has 0 spiro atoms. The normalized spacial score (nSPS) is 18.3. The van der Waals surface area contributed by atoms with Crippen molar-refractivity contribution in [1.29, 1.82) is 0 Å². The number of nitrogens with zero attached hydrogens (tertiary/aromatic N) is 6. The molecule has 3 aliphatic rings. The first-order valence-corrected chi connectivity index (χ1v) is 19.2. The maximum absolute atomic E-state index is 15.0. The highest BCUT2D eigenvalue weighted by Gasteiger charge is 2.29. The summed E-state index contributed by atoms with van der Waals surface area (Å²) in [6, 6.07) is 11.7. The van der Waals surface area contributed by atoms with Gasteiger partial charge in [0.25, 0.3) is 11.5 Å². The summed E-state index contributed by atoms with van der Waals surface area (Å²) in [5.41, 5.74) is 0.562. The van der Waals surface area contributed by atoms with Crippen LogP contribution in [0.4, 0.5) is 4.39 Å². The predicted octanol–water partition coefficient (Wildman–Crippen LogP) is 2.63. The first kappa shape index (κ1) is 39.5. The average Bonchev–Trinajstić information content (AvgIpc) is 3.16. The Morgan fingerprint density at radius 1 is 0.852 bits per heavy atom. The fourth-order valence-corrected chi connectivity index (χ4v) is 7.57. The third-order valence-corrected chi connectivity index (χ3v) is 10.6. The first-order chi connectivity index (χ1) is 25.9. The number of rotatable bonds is 12. The molecule has 0 aliphatic carbocycles. The molecule has 3 saturated heterocycles. The summed E-state index contributed by atoms with van der Waals surface area (Å²) in [6.07, 6.45) is 2.45. The molecule has 4 heterocycles. The Hall–Kier alpha value is -4.24. The number of nitrogens with one attached hydrogen (secondary N) is 1. The number of hydrogen-bond donors (Lipinski definition) is 1. The van der Waals surface area contributed by atoms with Gasteiger partial charge in [0.2, 0.25) is 5.91 Å². The number of amides is 2. The molecule has 0 radical (unpaired) electrons. The number of piperidine rings is 1. The van der Waals surface area contributed by atoms with Gasteiger partial charge in [-0.15, -0.1) is 0 Å². The molecule has 292 valence electrons. The minimum Gasteiger partial charge on any atom is -0.458 e. The number of esters is 1. The van der Waals surface area contributed by atoms with Crippen LogP contribution in [0.1, 0.15) is 55.2 Å². The molecule has 3 aromatic rings. The van der Waals surface area contributed by atoms with Gasteiger partial charge in [0.05, 0.1) is 29.8 Å². The number of halogens is 1. The molecule has 3 aliphatic heterocycles. The lowest BCUT2D eigenvalue weighted by Gasteiger charge is -2.39. The van der Waals surface area contributed by atoms with Gasteiger partial charge < -0.3 is 24.2 Å². The van der Waals surface area contributed by atoms with E-state index >= 15 is 0 Å². The van der Waals surface area contributed by atoms with Crippen molar-refractivity contribution in [3.63, 3.8) is 0 Å². The number of carbonyl (C=O) groups is 3. The lowest BCUT2D eigenvalue weighted by molar-refractivity contribution is -0.160. The number of aromatic nitrogens is 2. The van der Waals surface area contributed by atoms with Crippen LogP contribution in [0, 0.1) is 11.7 Å². The van der Waals surface area contributed by atoms with E-state index in [9.17, 15) is 23.6 Å². The SMILES string of the molecule is CC(C)(C)OC(=O)COCCN1CCN(CC2CCN(CC(=O)N3CCN(C(=O)c4cc(Cc5n[nH]c(=O)c6ccccc56)ccc4F)CC3)CC2)CC1. The molecule has 14 heteroatoms. The number of piperazine rings is 2. The van der Waals surface area contributed by atoms with Gasteiger partial charge in [0.15, 0.2) is 0 Å². The zero-order chi connectivity index (χ0) is 38.2. The van der Waals surface area contributed by atoms with Gasteiger partial charge in [-0.3, -0.25) is 24.2 Å². The molecule has 13 nitrogen and oxygen atoms in total. The molecule has 0 bridgehead atoms. The number of H-pyrrole nitrogens is 1. The number of carbonyl (C=O) groups excluding carboxylic acids is 3. The monoisotopic (exact) mass is 747 g/mol. The van der Waals surface area contributed by atoms with Crippen molar-refractivity contribution in [2.24, 2.45) is 5.92 Å². The highest BCUT2D eigenvalue weighted by molar-refractivity contribution is 5.95. The standard InChI is InChI=1S/C40H54FN7O6/c1-40(2,3)54-37(50)28-53-23-22-44-14-16-46(17-15-44)26-29-10-12-45(13-11-29)27-36(49)47-18-20-48(21-19-47)39(52)33-24-30(8-9-34(33)41)25-35-31-6-4-5-7-32(31)38(51)43-42-35/h4-9,24,29H,10-23,25-28H2,1-3H3,(H,43,51). The summed E-state index contributed by atoms with van der Waals surface area (Å²) >= 11 is 0. The lowest BCUT2D eigenvalue weighted by atomic mass is 9.96. The van der Waals surface area contributed by atoms with Crippen molar-refractivity contribution >= 4 is 28.6 Å². The Morgan fingerprint density at radius 2 is 1.52 bits per heavy atom. The van der Waals surface area contributed by atoms with Crippen LogP contribution in [0.5, 0.6) is 0 Å². The van der Waals surface area contributed by atoms with E-state index in [1.54, 1.807) is 29.2 Å². The second-order valence-corrected chi connectivity index (χ2v) is 15.7. The van der Waals surface area contributed by atoms with Gasteiger partial charge in [-0.05, 0) is 76.4 Å². The fourth-order valence-electron chi connectivity index (χ4n) is 7.57. The summed E-state index contributed by atoms with van der Waals surface area (Å²) in [5, 5.41) is 7.99. The number of benzene rings is 2. The van der Waals surface area contributed by atoms with Crippen molar-refractivity contribution in [2.75, 3.05) is 98.3 Å². The Bertz CT molecular complexity index is 1820. The van der Waals surface area contributed by atoms with Gasteiger partial charge in [0.1, 0.15) is 18.0 Å². The summed E-state index contributed by atoms with van der Waals surface area (Å²) in [4.78, 5) is 61.3. The van der Waals surface area contributed by atoms with E-state index in [1.165, 1.54) is 6.07 Å². The summed E-state index contributed by atoms with van der Waals surface area (Å²) in [7, 11) is 0. The Labute approximate surface area is 316 Å². The second kappa shape index (κ2) is 17.9. The molecule has 2 amide bonds. The van der Waals surface area contributed by atoms with Crippen LogP contribution < -0.4 is 5.56 Å². The van der Waals surface area contributed by atoms with Crippen LogP contribution in [0.2, 0.25) is 0 Å². The van der Waals surface area contributed by atoms with Gasteiger partial charge >= 0.3 is 5.97 Å². The van der Waals surface area contributed by atoms with Gasteiger partial charge in [-0.25, -0.2) is 14.3 Å². The van der Waals surface area contributed by atoms with E-state index in [-0.39, 0.29) is 29.6 Å². The minimum atomic E-state index is -0.592. The number of hydrogen-bond acceptors (Lipinski definition) is 10. The maximum atomic E-state index is 15.0. The van der Waals surface area contributed by atoms with Gasteiger partial charge in [0, 0.05) is 77.3 Å². The molecular formula is C40H54FN7O6. The van der Waals surface area contributed by atoms with E-state index < -0.39 is 17.3 Å². The predicted molar refractivity (Wildman–Crippen MR) is 203 cm³/mol. The van der Waals surface area contributed by atoms with Crippen LogP contribution in [0.3, 0.4) is 0 Å². The van der Waals surface area contributed by atoms with E-state index in [0.29, 0.717) is 73.7 Å². The summed E-state index contributed by atoms with van der Waals surface area (Å²) in [6.45, 7) is 15.6. The molecule has 0 unspecified atom stereocenters. The largest absolute Gasteiger partial charge is 0.458 e. The molecule has 2 aromatic carbocycles. The third kappa shape index (κ3) is 10.7. The zero-order valence-corrected chi connectivity index (χ0v) is 31.9. The zero-order valence-electron chi connectivity index (χ0n) is 31.9. The molecule has 1 N–H and O–H groups in total. The fraction of sp³-hybridized carbons (Fsp3) is 0.575. The summed E-state index contributed by atoms with van der Waals surface area (Å²) < 4.78 is 25.8. The van der Waals surface area contributed by atoms with Crippen molar-refractivity contribution in [3.05, 3.63) is 75.5 Å². The van der Waals surface area contributed by atoms with Gasteiger partial charge in [-0.1, -0.05) is 24.3 Å². The van der Waals surface area contributed by atoms with Gasteiger partial charge in [-0.2, -0.15) is 5.10 Å². The van der Waals surface area contributed by atoms with Crippen LogP contribution >= 0.6 is 0 Å². The number of likely N-dealkylation sites (tertiary alicyclic amines) is 1. The maximum Gasteiger partial charge on any atom is 0.332 e.